The molecule has 0 amide bonds. The highest BCUT2D eigenvalue weighted by molar-refractivity contribution is 8.00. The summed E-state index contributed by atoms with van der Waals surface area (Å²) < 4.78 is 7.28. The van der Waals surface area contributed by atoms with Crippen LogP contribution in [0.4, 0.5) is 17.1 Å². The fourth-order valence-corrected chi connectivity index (χ4v) is 12.4. The molecule has 0 radical (unpaired) electrons. The van der Waals surface area contributed by atoms with Crippen LogP contribution in [-0.4, -0.2) is 13.4 Å². The van der Waals surface area contributed by atoms with E-state index in [0.29, 0.717) is 0 Å². The number of nitrogens with zero attached hydrogens (tertiary/aromatic N) is 1. The molecule has 60 heavy (non-hydrogen) atoms. The number of hydrogen-bond donors (Lipinski definition) is 0. The zero-order valence-electron chi connectivity index (χ0n) is 32.4. The van der Waals surface area contributed by atoms with Crippen LogP contribution in [0.15, 0.2) is 220 Å². The van der Waals surface area contributed by atoms with Crippen LogP contribution < -0.4 is 42.4 Å². The van der Waals surface area contributed by atoms with Gasteiger partial charge in [-0.15, -0.1) is 0 Å². The number of benzene rings is 9. The third-order valence-electron chi connectivity index (χ3n) is 12.6. The fourth-order valence-electron chi connectivity index (χ4n) is 10.0. The molecule has 2 nitrogen and oxygen atoms in total. The van der Waals surface area contributed by atoms with Gasteiger partial charge in [0.25, 0.3) is 6.71 Å². The Morgan fingerprint density at radius 2 is 0.867 bits per heavy atom. The summed E-state index contributed by atoms with van der Waals surface area (Å²) in [5, 5.41) is 0. The second-order valence-electron chi connectivity index (χ2n) is 15.9. The van der Waals surface area contributed by atoms with Crippen molar-refractivity contribution in [3.05, 3.63) is 200 Å². The lowest BCUT2D eigenvalue weighted by molar-refractivity contribution is 0.487. The van der Waals surface area contributed by atoms with Crippen molar-refractivity contribution in [3.63, 3.8) is 0 Å². The van der Waals surface area contributed by atoms with Gasteiger partial charge in [-0.2, -0.15) is 0 Å². The molecule has 0 N–H and O–H groups in total. The summed E-state index contributed by atoms with van der Waals surface area (Å²) >= 11 is 3.77. The van der Waals surface area contributed by atoms with Crippen LogP contribution in [0.1, 0.15) is 0 Å². The molecule has 0 atom stereocenters. The van der Waals surface area contributed by atoms with E-state index in [1.807, 2.05) is 23.5 Å². The molecule has 0 aliphatic carbocycles. The third-order valence-corrected chi connectivity index (χ3v) is 14.9. The average Bonchev–Trinajstić information content (AvgIpc) is 3.31. The minimum Gasteiger partial charge on any atom is -0.458 e. The first kappa shape index (κ1) is 34.3. The third kappa shape index (κ3) is 5.21. The van der Waals surface area contributed by atoms with Gasteiger partial charge in [0.15, 0.2) is 0 Å². The van der Waals surface area contributed by atoms with Gasteiger partial charge in [-0.1, -0.05) is 186 Å². The van der Waals surface area contributed by atoms with E-state index in [-0.39, 0.29) is 13.4 Å². The van der Waals surface area contributed by atoms with Crippen LogP contribution in [0.2, 0.25) is 0 Å². The van der Waals surface area contributed by atoms with E-state index in [9.17, 15) is 0 Å². The van der Waals surface area contributed by atoms with E-state index in [4.69, 9.17) is 4.74 Å². The van der Waals surface area contributed by atoms with Crippen LogP contribution in [0.5, 0.6) is 11.5 Å². The molecule has 0 aromatic heterocycles. The van der Waals surface area contributed by atoms with Gasteiger partial charge in [-0.25, -0.2) is 0 Å². The molecule has 0 fully saturated rings. The van der Waals surface area contributed by atoms with Gasteiger partial charge in [0, 0.05) is 42.6 Å². The quantitative estimate of drug-likeness (QED) is 0.164. The van der Waals surface area contributed by atoms with Gasteiger partial charge in [-0.3, -0.25) is 0 Å². The minimum atomic E-state index is 0.0333. The molecule has 0 unspecified atom stereocenters. The molecule has 0 saturated heterocycles. The molecule has 4 aliphatic rings. The molecule has 0 bridgehead atoms. The first-order valence-electron chi connectivity index (χ1n) is 20.6. The first-order valence-corrected chi connectivity index (χ1v) is 22.2. The standard InChI is InChI=1S/C54H33B2NOS2/c1-4-16-34(17-5-1)37-28-46-53-51(30-37)59-49-26-14-11-23-40(49)55(53)42-32-43-47(33-45(42)57(46)44-25-13-10-22-39(44)36-20-8-3-9-21-36)58-48-29-38(35-18-6-2-7-19-35)31-52-54(48)56(43)41-24-12-15-27-50(41)60-52/h1-33H. The Labute approximate surface area is 359 Å². The molecule has 4 heterocycles. The van der Waals surface area contributed by atoms with Crippen molar-refractivity contribution >= 4 is 86.8 Å². The van der Waals surface area contributed by atoms with Gasteiger partial charge < -0.3 is 9.64 Å². The Kier molecular flexibility index (Phi) is 7.70. The second-order valence-corrected chi connectivity index (χ2v) is 18.1. The summed E-state index contributed by atoms with van der Waals surface area (Å²) in [4.78, 5) is 7.72. The normalized spacial score (nSPS) is 13.6. The van der Waals surface area contributed by atoms with E-state index in [2.05, 4.69) is 205 Å². The molecule has 4 aliphatic heterocycles. The van der Waals surface area contributed by atoms with Crippen LogP contribution in [0.3, 0.4) is 0 Å². The van der Waals surface area contributed by atoms with Crippen LogP contribution >= 0.6 is 23.5 Å². The van der Waals surface area contributed by atoms with Crippen molar-refractivity contribution in [3.8, 4) is 44.9 Å². The highest BCUT2D eigenvalue weighted by atomic mass is 32.2. The summed E-state index contributed by atoms with van der Waals surface area (Å²) in [7, 11) is 0. The van der Waals surface area contributed by atoms with Gasteiger partial charge in [0.2, 0.25) is 6.71 Å². The van der Waals surface area contributed by atoms with Crippen molar-refractivity contribution in [1.29, 1.82) is 0 Å². The number of rotatable bonds is 4. The highest BCUT2D eigenvalue weighted by Gasteiger charge is 2.45. The van der Waals surface area contributed by atoms with Crippen LogP contribution in [-0.2, 0) is 0 Å². The SMILES string of the molecule is c1ccc(-c2cc3c4c(c2)Sc2ccccc2B4c2cc4c(cc2O3)N(c2ccccc2-c2ccccc2)c2cc(-c3ccccc3)cc3c2B4c2ccccc2S3)cc1. The van der Waals surface area contributed by atoms with E-state index >= 15 is 0 Å². The van der Waals surface area contributed by atoms with E-state index in [0.717, 1.165) is 22.9 Å². The summed E-state index contributed by atoms with van der Waals surface area (Å²) in [5.41, 5.74) is 18.5. The van der Waals surface area contributed by atoms with Gasteiger partial charge in [-0.05, 0) is 92.1 Å². The second kappa shape index (κ2) is 13.5. The predicted molar refractivity (Wildman–Crippen MR) is 254 cm³/mol. The summed E-state index contributed by atoms with van der Waals surface area (Å²) in [6.45, 7) is 0.0677. The maximum Gasteiger partial charge on any atom is 0.253 e. The maximum absolute atomic E-state index is 7.28. The summed E-state index contributed by atoms with van der Waals surface area (Å²) in [5.74, 6) is 1.85. The molecule has 278 valence electrons. The molecule has 13 rings (SSSR count). The molecule has 0 saturated carbocycles. The zero-order chi connectivity index (χ0) is 39.3. The Balaban J connectivity index is 1.11. The zero-order valence-corrected chi connectivity index (χ0v) is 34.0. The van der Waals surface area contributed by atoms with Gasteiger partial charge >= 0.3 is 0 Å². The maximum atomic E-state index is 7.28. The molecule has 9 aromatic rings. The molecule has 6 heteroatoms. The van der Waals surface area contributed by atoms with Crippen molar-refractivity contribution in [2.45, 2.75) is 19.6 Å². The lowest BCUT2D eigenvalue weighted by Gasteiger charge is -2.42. The lowest BCUT2D eigenvalue weighted by atomic mass is 9.32. The highest BCUT2D eigenvalue weighted by Crippen LogP contribution is 2.48. The van der Waals surface area contributed by atoms with E-state index < -0.39 is 0 Å². The van der Waals surface area contributed by atoms with Crippen LogP contribution in [0, 0.1) is 0 Å². The predicted octanol–water partition coefficient (Wildman–Crippen LogP) is 10.5. The number of hydrogen-bond acceptors (Lipinski definition) is 4. The van der Waals surface area contributed by atoms with Crippen molar-refractivity contribution < 1.29 is 4.74 Å². The Hall–Kier alpha value is -6.59. The van der Waals surface area contributed by atoms with Crippen molar-refractivity contribution in [2.75, 3.05) is 4.90 Å². The summed E-state index contributed by atoms with van der Waals surface area (Å²) in [6, 6.07) is 73.7. The topological polar surface area (TPSA) is 12.5 Å². The summed E-state index contributed by atoms with van der Waals surface area (Å²) in [6.07, 6.45) is 0. The Bertz CT molecular complexity index is 3210. The Morgan fingerprint density at radius 1 is 0.333 bits per heavy atom. The van der Waals surface area contributed by atoms with Gasteiger partial charge in [0.05, 0.1) is 5.69 Å². The average molecular weight is 798 g/mol. The minimum absolute atomic E-state index is 0.0333. The monoisotopic (exact) mass is 797 g/mol. The first-order chi connectivity index (χ1) is 29.7. The molecular formula is C54H33B2NOS2. The number of anilines is 3. The van der Waals surface area contributed by atoms with E-state index in [1.165, 1.54) is 91.4 Å². The molecule has 0 spiro atoms. The molecule has 9 aromatic carbocycles. The largest absolute Gasteiger partial charge is 0.458 e. The van der Waals surface area contributed by atoms with Crippen molar-refractivity contribution in [1.82, 2.24) is 0 Å². The fraction of sp³-hybridized carbons (Fsp3) is 0. The molecular weight excluding hydrogens is 764 g/mol. The number of ether oxygens (including phenoxy) is 1. The van der Waals surface area contributed by atoms with E-state index in [1.54, 1.807) is 0 Å². The van der Waals surface area contributed by atoms with Gasteiger partial charge in [0.1, 0.15) is 11.5 Å². The van der Waals surface area contributed by atoms with Crippen molar-refractivity contribution in [2.24, 2.45) is 0 Å². The number of fused-ring (bicyclic) bond motifs is 8. The Morgan fingerprint density at radius 3 is 1.53 bits per heavy atom. The van der Waals surface area contributed by atoms with Crippen LogP contribution in [0.25, 0.3) is 33.4 Å². The smallest absolute Gasteiger partial charge is 0.253 e. The lowest BCUT2D eigenvalue weighted by Crippen LogP contribution is -2.63. The number of para-hydroxylation sites is 1.